The summed E-state index contributed by atoms with van der Waals surface area (Å²) in [5.74, 6) is 0.636. The smallest absolute Gasteiger partial charge is 0.311 e. The minimum absolute atomic E-state index is 0.0429. The monoisotopic (exact) mass is 326 g/mol. The second-order valence-corrected chi connectivity index (χ2v) is 5.09. The molecule has 3 rings (SSSR count). The maximum Gasteiger partial charge on any atom is 0.311 e. The van der Waals surface area contributed by atoms with Crippen molar-refractivity contribution in [1.29, 1.82) is 0 Å². The van der Waals surface area contributed by atoms with Gasteiger partial charge >= 0.3 is 5.97 Å². The number of ether oxygens (including phenoxy) is 1. The molecule has 0 aliphatic rings. The number of carbonyl (C=O) groups excluding carboxylic acids is 1. The summed E-state index contributed by atoms with van der Waals surface area (Å²) in [6.07, 6.45) is 5.52. The first-order valence-electron chi connectivity index (χ1n) is 7.33. The predicted molar refractivity (Wildman–Crippen MR) is 84.8 cm³/mol. The van der Waals surface area contributed by atoms with Crippen LogP contribution in [0.2, 0.25) is 0 Å². The van der Waals surface area contributed by atoms with Crippen LogP contribution in [-0.2, 0) is 11.2 Å². The Kier molecular flexibility index (Phi) is 4.19. The number of nitrogens with zero attached hydrogens (tertiary/aromatic N) is 4. The lowest BCUT2D eigenvalue weighted by Crippen LogP contribution is -2.09. The summed E-state index contributed by atoms with van der Waals surface area (Å²) in [4.78, 5) is 30.3. The van der Waals surface area contributed by atoms with Crippen molar-refractivity contribution < 1.29 is 14.5 Å². The van der Waals surface area contributed by atoms with Crippen LogP contribution >= 0.6 is 0 Å². The van der Waals surface area contributed by atoms with Crippen LogP contribution in [0.3, 0.4) is 0 Å². The maximum atomic E-state index is 11.5. The van der Waals surface area contributed by atoms with E-state index >= 15 is 0 Å². The van der Waals surface area contributed by atoms with Gasteiger partial charge in [0.2, 0.25) is 0 Å². The molecule has 0 saturated carbocycles. The van der Waals surface area contributed by atoms with Crippen LogP contribution in [0.25, 0.3) is 5.65 Å². The Labute approximate surface area is 136 Å². The lowest BCUT2D eigenvalue weighted by atomic mass is 10.1. The van der Waals surface area contributed by atoms with E-state index in [1.165, 1.54) is 18.3 Å². The highest BCUT2D eigenvalue weighted by molar-refractivity contribution is 5.74. The van der Waals surface area contributed by atoms with E-state index in [0.29, 0.717) is 23.6 Å². The van der Waals surface area contributed by atoms with Crippen LogP contribution < -0.4 is 4.74 Å². The van der Waals surface area contributed by atoms with Crippen LogP contribution in [0.1, 0.15) is 24.7 Å². The van der Waals surface area contributed by atoms with Crippen molar-refractivity contribution in [2.75, 3.05) is 0 Å². The number of benzene rings is 1. The second kappa shape index (κ2) is 6.45. The van der Waals surface area contributed by atoms with Gasteiger partial charge in [0, 0.05) is 37.4 Å². The second-order valence-electron chi connectivity index (χ2n) is 5.09. The predicted octanol–water partition coefficient (Wildman–Crippen LogP) is 2.54. The summed E-state index contributed by atoms with van der Waals surface area (Å²) in [7, 11) is 0. The SMILES string of the molecule is CCC(=O)Oc1cnc(Cc2ccc([N+](=O)[O-])cc2)n2ccnc12. The van der Waals surface area contributed by atoms with Crippen LogP contribution in [0.4, 0.5) is 5.69 Å². The molecule has 0 aliphatic heterocycles. The van der Waals surface area contributed by atoms with Crippen molar-refractivity contribution in [3.05, 3.63) is 64.4 Å². The first-order chi connectivity index (χ1) is 11.6. The molecule has 8 nitrogen and oxygen atoms in total. The number of carbonyl (C=O) groups is 1. The first-order valence-corrected chi connectivity index (χ1v) is 7.33. The van der Waals surface area contributed by atoms with Gasteiger partial charge in [0.25, 0.3) is 5.69 Å². The Morgan fingerprint density at radius 2 is 2.04 bits per heavy atom. The van der Waals surface area contributed by atoms with Crippen molar-refractivity contribution >= 4 is 17.3 Å². The first kappa shape index (κ1) is 15.6. The van der Waals surface area contributed by atoms with E-state index in [2.05, 4.69) is 9.97 Å². The maximum absolute atomic E-state index is 11.5. The van der Waals surface area contributed by atoms with Crippen LogP contribution in [0.5, 0.6) is 5.75 Å². The Morgan fingerprint density at radius 3 is 2.71 bits per heavy atom. The lowest BCUT2D eigenvalue weighted by molar-refractivity contribution is -0.384. The molecule has 0 aliphatic carbocycles. The van der Waals surface area contributed by atoms with Crippen LogP contribution in [0, 0.1) is 10.1 Å². The van der Waals surface area contributed by atoms with Crippen molar-refractivity contribution in [2.24, 2.45) is 0 Å². The zero-order chi connectivity index (χ0) is 17.1. The van der Waals surface area contributed by atoms with Crippen molar-refractivity contribution in [3.63, 3.8) is 0 Å². The number of non-ortho nitro benzene ring substituents is 1. The van der Waals surface area contributed by atoms with E-state index < -0.39 is 4.92 Å². The number of hydrogen-bond acceptors (Lipinski definition) is 6. The highest BCUT2D eigenvalue weighted by Gasteiger charge is 2.13. The average molecular weight is 326 g/mol. The molecule has 0 spiro atoms. The zero-order valence-corrected chi connectivity index (χ0v) is 12.9. The number of nitro benzene ring substituents is 1. The van der Waals surface area contributed by atoms with Crippen LogP contribution in [0.15, 0.2) is 42.9 Å². The van der Waals surface area contributed by atoms with E-state index in [1.807, 2.05) is 0 Å². The van der Waals surface area contributed by atoms with E-state index in [0.717, 1.165) is 5.56 Å². The number of fused-ring (bicyclic) bond motifs is 1. The molecule has 0 atom stereocenters. The number of rotatable bonds is 5. The molecule has 3 aromatic rings. The third kappa shape index (κ3) is 3.07. The van der Waals surface area contributed by atoms with Gasteiger partial charge in [-0.2, -0.15) is 0 Å². The van der Waals surface area contributed by atoms with Crippen molar-refractivity contribution in [3.8, 4) is 5.75 Å². The fraction of sp³-hybridized carbons (Fsp3) is 0.188. The third-order valence-corrected chi connectivity index (χ3v) is 3.49. The molecule has 122 valence electrons. The van der Waals surface area contributed by atoms with Gasteiger partial charge in [-0.25, -0.2) is 9.97 Å². The molecule has 0 bridgehead atoms. The normalized spacial score (nSPS) is 10.7. The van der Waals surface area contributed by atoms with Crippen molar-refractivity contribution in [1.82, 2.24) is 14.4 Å². The number of hydrogen-bond donors (Lipinski definition) is 0. The Morgan fingerprint density at radius 1 is 1.29 bits per heavy atom. The molecule has 2 heterocycles. The quantitative estimate of drug-likeness (QED) is 0.406. The molecule has 0 amide bonds. The van der Waals surface area contributed by atoms with Gasteiger partial charge < -0.3 is 4.74 Å². The minimum atomic E-state index is -0.438. The summed E-state index contributed by atoms with van der Waals surface area (Å²) < 4.78 is 6.96. The van der Waals surface area contributed by atoms with Crippen LogP contribution in [-0.4, -0.2) is 25.3 Å². The summed E-state index contributed by atoms with van der Waals surface area (Å²) in [6.45, 7) is 1.71. The lowest BCUT2D eigenvalue weighted by Gasteiger charge is -2.08. The summed E-state index contributed by atoms with van der Waals surface area (Å²) >= 11 is 0. The van der Waals surface area contributed by atoms with Gasteiger partial charge in [-0.05, 0) is 5.56 Å². The number of esters is 1. The molecule has 8 heteroatoms. The fourth-order valence-corrected chi connectivity index (χ4v) is 2.26. The highest BCUT2D eigenvalue weighted by atomic mass is 16.6. The number of aromatic nitrogens is 3. The molecular formula is C16H14N4O4. The molecule has 0 saturated heterocycles. The molecule has 0 fully saturated rings. The Hall–Kier alpha value is -3.29. The van der Waals surface area contributed by atoms with Gasteiger partial charge in [-0.15, -0.1) is 0 Å². The van der Waals surface area contributed by atoms with E-state index in [9.17, 15) is 14.9 Å². The van der Waals surface area contributed by atoms with E-state index in [1.54, 1.807) is 35.9 Å². The van der Waals surface area contributed by atoms with Gasteiger partial charge in [0.1, 0.15) is 5.82 Å². The summed E-state index contributed by atoms with van der Waals surface area (Å²) in [6, 6.07) is 6.29. The topological polar surface area (TPSA) is 99.6 Å². The summed E-state index contributed by atoms with van der Waals surface area (Å²) in [5, 5.41) is 10.7. The standard InChI is InChI=1S/C16H14N4O4/c1-2-15(21)24-13-10-18-14(19-8-7-17-16(13)19)9-11-3-5-12(6-4-11)20(22)23/h3-8,10H,2,9H2,1H3. The largest absolute Gasteiger partial charge is 0.421 e. The van der Waals surface area contributed by atoms with Gasteiger partial charge in [0.05, 0.1) is 11.1 Å². The van der Waals surface area contributed by atoms with E-state index in [4.69, 9.17) is 4.74 Å². The molecule has 24 heavy (non-hydrogen) atoms. The van der Waals surface area contributed by atoms with Crippen molar-refractivity contribution in [2.45, 2.75) is 19.8 Å². The molecule has 0 unspecified atom stereocenters. The average Bonchev–Trinajstić information content (AvgIpc) is 3.07. The summed E-state index contributed by atoms with van der Waals surface area (Å²) in [5.41, 5.74) is 1.42. The molecular weight excluding hydrogens is 312 g/mol. The third-order valence-electron chi connectivity index (χ3n) is 3.49. The molecule has 2 aromatic heterocycles. The highest BCUT2D eigenvalue weighted by Crippen LogP contribution is 2.21. The van der Waals surface area contributed by atoms with E-state index in [-0.39, 0.29) is 18.1 Å². The fourth-order valence-electron chi connectivity index (χ4n) is 2.26. The number of nitro groups is 1. The molecule has 1 aromatic carbocycles. The Balaban J connectivity index is 1.90. The molecule has 0 N–H and O–H groups in total. The molecule has 0 radical (unpaired) electrons. The van der Waals surface area contributed by atoms with Gasteiger partial charge in [0.15, 0.2) is 11.4 Å². The zero-order valence-electron chi connectivity index (χ0n) is 12.9. The Bertz CT molecular complexity index is 902. The van der Waals surface area contributed by atoms with Gasteiger partial charge in [-0.1, -0.05) is 19.1 Å². The number of imidazole rings is 1. The minimum Gasteiger partial charge on any atom is -0.421 e. The van der Waals surface area contributed by atoms with Gasteiger partial charge in [-0.3, -0.25) is 19.3 Å².